The average Bonchev–Trinajstić information content (AvgIpc) is 2.75. The van der Waals surface area contributed by atoms with Gasteiger partial charge in [-0.05, 0) is 48.5 Å². The van der Waals surface area contributed by atoms with Crippen LogP contribution in [0.15, 0.2) is 66.9 Å². The predicted octanol–water partition coefficient (Wildman–Crippen LogP) is 4.71. The van der Waals surface area contributed by atoms with Gasteiger partial charge in [-0.3, -0.25) is 19.4 Å². The van der Waals surface area contributed by atoms with Crippen molar-refractivity contribution in [2.24, 2.45) is 5.41 Å². The van der Waals surface area contributed by atoms with Gasteiger partial charge in [-0.15, -0.1) is 0 Å². The van der Waals surface area contributed by atoms with Crippen LogP contribution in [-0.4, -0.2) is 22.7 Å². The molecule has 1 aromatic heterocycles. The van der Waals surface area contributed by atoms with Crippen LogP contribution in [0.5, 0.6) is 0 Å². The minimum absolute atomic E-state index is 0.0865. The number of carbonyl (C=O) groups is 3. The number of benzene rings is 2. The molecule has 0 aliphatic heterocycles. The number of pyridine rings is 1. The number of hydrogen-bond acceptors (Lipinski definition) is 4. The normalized spacial score (nSPS) is 10.9. The summed E-state index contributed by atoms with van der Waals surface area (Å²) in [5.74, 6) is -1.81. The van der Waals surface area contributed by atoms with E-state index in [0.29, 0.717) is 5.69 Å². The van der Waals surface area contributed by atoms with Crippen molar-refractivity contribution in [3.63, 3.8) is 0 Å². The van der Waals surface area contributed by atoms with Crippen LogP contribution in [0.2, 0.25) is 0 Å². The molecule has 0 fully saturated rings. The molecule has 7 nitrogen and oxygen atoms in total. The molecule has 8 heteroatoms. The highest BCUT2D eigenvalue weighted by atomic mass is 19.1. The third-order valence-corrected chi connectivity index (χ3v) is 4.44. The maximum atomic E-state index is 13.9. The van der Waals surface area contributed by atoms with Gasteiger partial charge in [-0.2, -0.15) is 0 Å². The Morgan fingerprint density at radius 1 is 0.812 bits per heavy atom. The maximum Gasteiger partial charge on any atom is 0.274 e. The number of amides is 3. The Morgan fingerprint density at radius 2 is 1.56 bits per heavy atom. The molecule has 0 bridgehead atoms. The minimum atomic E-state index is -0.597. The number of nitrogens with one attached hydrogen (secondary N) is 3. The highest BCUT2D eigenvalue weighted by molar-refractivity contribution is 6.10. The van der Waals surface area contributed by atoms with E-state index in [4.69, 9.17) is 0 Å². The second-order valence-electron chi connectivity index (χ2n) is 8.10. The quantitative estimate of drug-likeness (QED) is 0.541. The SMILES string of the molecule is CC(C)(C)C(=O)Nc1cccc(C(=O)Nc2cc(F)ccc2NC(=O)c2ccccn2)c1. The summed E-state index contributed by atoms with van der Waals surface area (Å²) in [6, 6.07) is 14.9. The molecule has 0 aliphatic rings. The summed E-state index contributed by atoms with van der Waals surface area (Å²) in [5.41, 5.74) is 0.594. The second-order valence-corrected chi connectivity index (χ2v) is 8.10. The number of hydrogen-bond donors (Lipinski definition) is 3. The van der Waals surface area contributed by atoms with Crippen LogP contribution in [0.25, 0.3) is 0 Å². The van der Waals surface area contributed by atoms with Crippen molar-refractivity contribution in [2.75, 3.05) is 16.0 Å². The molecule has 3 aromatic rings. The number of rotatable bonds is 5. The van der Waals surface area contributed by atoms with Crippen LogP contribution >= 0.6 is 0 Å². The molecule has 0 unspecified atom stereocenters. The number of carbonyl (C=O) groups excluding carboxylic acids is 3. The summed E-state index contributed by atoms with van der Waals surface area (Å²) in [6.45, 7) is 5.34. The molecule has 3 N–H and O–H groups in total. The predicted molar refractivity (Wildman–Crippen MR) is 121 cm³/mol. The molecule has 0 saturated carbocycles. The molecule has 0 spiro atoms. The smallest absolute Gasteiger partial charge is 0.274 e. The van der Waals surface area contributed by atoms with Crippen molar-refractivity contribution < 1.29 is 18.8 Å². The highest BCUT2D eigenvalue weighted by Gasteiger charge is 2.21. The van der Waals surface area contributed by atoms with Crippen LogP contribution in [0, 0.1) is 11.2 Å². The summed E-state index contributed by atoms with van der Waals surface area (Å²) < 4.78 is 13.9. The summed E-state index contributed by atoms with van der Waals surface area (Å²) in [5, 5.41) is 8.00. The Morgan fingerprint density at radius 3 is 2.25 bits per heavy atom. The summed E-state index contributed by atoms with van der Waals surface area (Å²) in [6.07, 6.45) is 1.48. The molecule has 0 radical (unpaired) electrons. The van der Waals surface area contributed by atoms with Crippen molar-refractivity contribution >= 4 is 34.8 Å². The molecule has 0 atom stereocenters. The maximum absolute atomic E-state index is 13.9. The van der Waals surface area contributed by atoms with Gasteiger partial charge < -0.3 is 16.0 Å². The Hall–Kier alpha value is -4.07. The monoisotopic (exact) mass is 434 g/mol. The highest BCUT2D eigenvalue weighted by Crippen LogP contribution is 2.25. The molecule has 0 aliphatic carbocycles. The van der Waals surface area contributed by atoms with Crippen molar-refractivity contribution in [1.29, 1.82) is 0 Å². The van der Waals surface area contributed by atoms with E-state index in [1.807, 2.05) is 0 Å². The largest absolute Gasteiger partial charge is 0.326 e. The fourth-order valence-corrected chi connectivity index (χ4v) is 2.66. The first-order chi connectivity index (χ1) is 15.1. The first-order valence-corrected chi connectivity index (χ1v) is 9.88. The van der Waals surface area contributed by atoms with E-state index >= 15 is 0 Å². The van der Waals surface area contributed by atoms with Crippen molar-refractivity contribution in [3.05, 3.63) is 83.9 Å². The van der Waals surface area contributed by atoms with E-state index in [0.717, 1.165) is 6.07 Å². The van der Waals surface area contributed by atoms with Gasteiger partial charge in [0.15, 0.2) is 0 Å². The van der Waals surface area contributed by atoms with Crippen LogP contribution in [0.3, 0.4) is 0 Å². The fourth-order valence-electron chi connectivity index (χ4n) is 2.66. The second kappa shape index (κ2) is 9.38. The third-order valence-electron chi connectivity index (χ3n) is 4.44. The average molecular weight is 434 g/mol. The van der Waals surface area contributed by atoms with E-state index in [9.17, 15) is 18.8 Å². The van der Waals surface area contributed by atoms with E-state index in [1.165, 1.54) is 30.5 Å². The number of aromatic nitrogens is 1. The van der Waals surface area contributed by atoms with Crippen molar-refractivity contribution in [2.45, 2.75) is 20.8 Å². The van der Waals surface area contributed by atoms with Crippen molar-refractivity contribution in [1.82, 2.24) is 4.98 Å². The zero-order valence-corrected chi connectivity index (χ0v) is 17.9. The molecule has 164 valence electrons. The van der Waals surface area contributed by atoms with E-state index in [2.05, 4.69) is 20.9 Å². The molecule has 3 amide bonds. The zero-order chi connectivity index (χ0) is 23.3. The number of nitrogens with zero attached hydrogens (tertiary/aromatic N) is 1. The van der Waals surface area contributed by atoms with Crippen LogP contribution in [0.4, 0.5) is 21.5 Å². The third kappa shape index (κ3) is 5.75. The lowest BCUT2D eigenvalue weighted by Gasteiger charge is -2.18. The van der Waals surface area contributed by atoms with Gasteiger partial charge in [0, 0.05) is 22.9 Å². The lowest BCUT2D eigenvalue weighted by molar-refractivity contribution is -0.123. The Balaban J connectivity index is 1.79. The molecule has 1 heterocycles. The molecule has 32 heavy (non-hydrogen) atoms. The van der Waals surface area contributed by atoms with Gasteiger partial charge in [-0.1, -0.05) is 32.9 Å². The number of halogens is 1. The van der Waals surface area contributed by atoms with E-state index in [-0.39, 0.29) is 28.5 Å². The summed E-state index contributed by atoms with van der Waals surface area (Å²) >= 11 is 0. The molecule has 3 rings (SSSR count). The van der Waals surface area contributed by atoms with Gasteiger partial charge in [-0.25, -0.2) is 4.39 Å². The Labute approximate surface area is 185 Å². The van der Waals surface area contributed by atoms with Gasteiger partial charge in [0.2, 0.25) is 5.91 Å². The summed E-state index contributed by atoms with van der Waals surface area (Å²) in [4.78, 5) is 41.4. The van der Waals surface area contributed by atoms with Crippen LogP contribution in [-0.2, 0) is 4.79 Å². The molecular weight excluding hydrogens is 411 g/mol. The number of anilines is 3. The topological polar surface area (TPSA) is 100 Å². The van der Waals surface area contributed by atoms with E-state index < -0.39 is 23.0 Å². The lowest BCUT2D eigenvalue weighted by Crippen LogP contribution is -2.27. The Kier molecular flexibility index (Phi) is 6.63. The van der Waals surface area contributed by atoms with Gasteiger partial charge >= 0.3 is 0 Å². The lowest BCUT2D eigenvalue weighted by atomic mass is 9.95. The van der Waals surface area contributed by atoms with Gasteiger partial charge in [0.25, 0.3) is 11.8 Å². The first kappa shape index (κ1) is 22.6. The summed E-state index contributed by atoms with van der Waals surface area (Å²) in [7, 11) is 0. The fraction of sp³-hybridized carbons (Fsp3) is 0.167. The molecular formula is C24H23FN4O3. The molecule has 2 aromatic carbocycles. The first-order valence-electron chi connectivity index (χ1n) is 9.88. The zero-order valence-electron chi connectivity index (χ0n) is 17.9. The van der Waals surface area contributed by atoms with Crippen LogP contribution in [0.1, 0.15) is 41.6 Å². The van der Waals surface area contributed by atoms with Crippen LogP contribution < -0.4 is 16.0 Å². The van der Waals surface area contributed by atoms with E-state index in [1.54, 1.807) is 51.1 Å². The van der Waals surface area contributed by atoms with Gasteiger partial charge in [0.05, 0.1) is 11.4 Å². The molecule has 0 saturated heterocycles. The Bertz CT molecular complexity index is 1160. The van der Waals surface area contributed by atoms with Gasteiger partial charge in [0.1, 0.15) is 11.5 Å². The van der Waals surface area contributed by atoms with Crippen molar-refractivity contribution in [3.8, 4) is 0 Å². The standard InChI is InChI=1S/C24H23FN4O3/c1-24(2,3)23(32)27-17-8-6-7-15(13-17)21(30)29-20-14-16(25)10-11-18(20)28-22(31)19-9-4-5-12-26-19/h4-14H,1-3H3,(H,27,32)(H,28,31)(H,29,30). The minimum Gasteiger partial charge on any atom is -0.326 e.